The molecular formula is C62H116N2O7P+. The van der Waals surface area contributed by atoms with E-state index in [0.29, 0.717) is 17.4 Å². The van der Waals surface area contributed by atoms with Gasteiger partial charge in [0.25, 0.3) is 0 Å². The van der Waals surface area contributed by atoms with Gasteiger partial charge in [0.05, 0.1) is 33.8 Å². The number of carbonyl (C=O) groups excluding carboxylic acids is 2. The standard InChI is InChI=1S/C62H115N2O7P/c1-7-10-13-16-19-22-25-28-30-32-34-36-39-42-45-48-51-54-61(65)63-59(58-70-72(67,68)69-57-56-64(4,5)6)60(53-50-47-44-41-38-27-24-21-18-15-12-9-3)71-62(66)55-52-49-46-43-40-37-35-33-31-29-26-23-20-17-14-11-8-2/h19,22,28-31,34,36,50,53,59-60H,7-18,20-21,23-27,32-33,35,37-49,51-52,54-58H2,1-6H3,(H-,63,65,67,68)/p+1/b22-19-,30-28-,31-29+,36-34-,53-50+. The van der Waals surface area contributed by atoms with Gasteiger partial charge in [0, 0.05) is 12.8 Å². The second-order valence-corrected chi connectivity index (χ2v) is 23.0. The van der Waals surface area contributed by atoms with E-state index in [1.54, 1.807) is 0 Å². The number of esters is 1. The Hall–Kier alpha value is -2.29. The van der Waals surface area contributed by atoms with Crippen molar-refractivity contribution < 1.29 is 37.3 Å². The summed E-state index contributed by atoms with van der Waals surface area (Å²) in [4.78, 5) is 37.6. The second-order valence-electron chi connectivity index (χ2n) is 21.5. The Morgan fingerprint density at radius 2 is 0.847 bits per heavy atom. The number of rotatable bonds is 54. The molecule has 0 bridgehead atoms. The molecule has 0 radical (unpaired) electrons. The molecule has 1 amide bonds. The van der Waals surface area contributed by atoms with Crippen molar-refractivity contribution in [3.63, 3.8) is 0 Å². The number of hydrogen-bond acceptors (Lipinski definition) is 6. The van der Waals surface area contributed by atoms with Crippen molar-refractivity contribution in [1.29, 1.82) is 0 Å². The van der Waals surface area contributed by atoms with E-state index in [9.17, 15) is 19.0 Å². The molecule has 2 N–H and O–H groups in total. The van der Waals surface area contributed by atoms with Gasteiger partial charge in [0.1, 0.15) is 19.3 Å². The number of nitrogens with zero attached hydrogens (tertiary/aromatic N) is 1. The van der Waals surface area contributed by atoms with Crippen molar-refractivity contribution in [1.82, 2.24) is 5.32 Å². The van der Waals surface area contributed by atoms with Crippen molar-refractivity contribution >= 4 is 19.7 Å². The topological polar surface area (TPSA) is 111 Å². The number of allylic oxidation sites excluding steroid dienone is 9. The summed E-state index contributed by atoms with van der Waals surface area (Å²) in [6.07, 6.45) is 64.9. The first-order valence-corrected chi connectivity index (χ1v) is 31.6. The molecule has 0 aliphatic rings. The third-order valence-electron chi connectivity index (χ3n) is 13.2. The van der Waals surface area contributed by atoms with E-state index in [-0.39, 0.29) is 31.5 Å². The van der Waals surface area contributed by atoms with Gasteiger partial charge in [-0.2, -0.15) is 0 Å². The number of quaternary nitrogens is 1. The van der Waals surface area contributed by atoms with E-state index in [0.717, 1.165) is 96.3 Å². The summed E-state index contributed by atoms with van der Waals surface area (Å²) >= 11 is 0. The molecule has 0 aromatic heterocycles. The van der Waals surface area contributed by atoms with Crippen LogP contribution in [0.5, 0.6) is 0 Å². The van der Waals surface area contributed by atoms with Crippen LogP contribution < -0.4 is 5.32 Å². The van der Waals surface area contributed by atoms with Gasteiger partial charge in [-0.1, -0.05) is 223 Å². The number of hydrogen-bond donors (Lipinski definition) is 2. The average Bonchev–Trinajstić information content (AvgIpc) is 3.34. The van der Waals surface area contributed by atoms with Gasteiger partial charge in [0.2, 0.25) is 5.91 Å². The van der Waals surface area contributed by atoms with Crippen molar-refractivity contribution in [3.8, 4) is 0 Å². The molecule has 0 aliphatic carbocycles. The van der Waals surface area contributed by atoms with E-state index in [2.05, 4.69) is 74.7 Å². The van der Waals surface area contributed by atoms with Gasteiger partial charge < -0.3 is 19.4 Å². The van der Waals surface area contributed by atoms with Gasteiger partial charge in [-0.25, -0.2) is 4.57 Å². The first-order chi connectivity index (χ1) is 34.9. The van der Waals surface area contributed by atoms with Gasteiger partial charge in [-0.3, -0.25) is 18.6 Å². The summed E-state index contributed by atoms with van der Waals surface area (Å²) in [5, 5.41) is 3.04. The zero-order valence-electron chi connectivity index (χ0n) is 47.9. The van der Waals surface area contributed by atoms with Crippen LogP contribution in [0.25, 0.3) is 0 Å². The van der Waals surface area contributed by atoms with Crippen LogP contribution in [0, 0.1) is 0 Å². The minimum absolute atomic E-state index is 0.0339. The predicted octanol–water partition coefficient (Wildman–Crippen LogP) is 18.3. The number of amides is 1. The van der Waals surface area contributed by atoms with Gasteiger partial charge in [-0.05, 0) is 96.0 Å². The van der Waals surface area contributed by atoms with Crippen molar-refractivity contribution in [2.75, 3.05) is 40.9 Å². The average molecular weight is 1030 g/mol. The second kappa shape index (κ2) is 52.2. The van der Waals surface area contributed by atoms with Crippen LogP contribution in [0.1, 0.15) is 271 Å². The first kappa shape index (κ1) is 69.7. The fraction of sp³-hybridized carbons (Fsp3) is 0.806. The summed E-state index contributed by atoms with van der Waals surface area (Å²) < 4.78 is 30.6. The molecule has 0 aromatic carbocycles. The number of unbranched alkanes of at least 4 members (excludes halogenated alkanes) is 30. The number of phosphoric acid groups is 1. The highest BCUT2D eigenvalue weighted by molar-refractivity contribution is 7.47. The van der Waals surface area contributed by atoms with Crippen LogP contribution in [-0.4, -0.2) is 74.3 Å². The lowest BCUT2D eigenvalue weighted by atomic mass is 10.0. The number of phosphoric ester groups is 1. The summed E-state index contributed by atoms with van der Waals surface area (Å²) in [5.41, 5.74) is 0. The highest BCUT2D eigenvalue weighted by Crippen LogP contribution is 2.43. The number of nitrogens with one attached hydrogen (secondary N) is 1. The van der Waals surface area contributed by atoms with E-state index in [1.807, 2.05) is 33.3 Å². The smallest absolute Gasteiger partial charge is 0.456 e. The van der Waals surface area contributed by atoms with E-state index in [1.165, 1.54) is 141 Å². The van der Waals surface area contributed by atoms with Crippen LogP contribution >= 0.6 is 7.82 Å². The monoisotopic (exact) mass is 1030 g/mol. The fourth-order valence-corrected chi connectivity index (χ4v) is 9.21. The zero-order valence-corrected chi connectivity index (χ0v) is 48.8. The number of likely N-dealkylation sites (N-methyl/N-ethyl adjacent to an activating group) is 1. The lowest BCUT2D eigenvalue weighted by Crippen LogP contribution is -2.47. The van der Waals surface area contributed by atoms with Crippen LogP contribution in [0.3, 0.4) is 0 Å². The molecule has 3 atom stereocenters. The molecule has 0 heterocycles. The maximum absolute atomic E-state index is 13.5. The van der Waals surface area contributed by atoms with Crippen LogP contribution in [0.15, 0.2) is 60.8 Å². The molecule has 0 aromatic rings. The fourth-order valence-electron chi connectivity index (χ4n) is 8.47. The van der Waals surface area contributed by atoms with E-state index < -0.39 is 20.0 Å². The SMILES string of the molecule is CCCCC/C=C\C/C=C\C/C=C\CCCCCCC(=O)NC(COP(=O)(O)OCC[N+](C)(C)C)C(/C=C/CCCCCCCCCCCC)OC(=O)CCCCCCCCC/C=C/CCCCCCCC. The molecule has 3 unspecified atom stereocenters. The van der Waals surface area contributed by atoms with E-state index in [4.69, 9.17) is 13.8 Å². The Morgan fingerprint density at radius 3 is 1.31 bits per heavy atom. The van der Waals surface area contributed by atoms with Gasteiger partial charge in [0.15, 0.2) is 0 Å². The quantitative estimate of drug-likeness (QED) is 0.0205. The molecule has 420 valence electrons. The third-order valence-corrected chi connectivity index (χ3v) is 14.2. The van der Waals surface area contributed by atoms with Crippen molar-refractivity contribution in [2.24, 2.45) is 0 Å². The summed E-state index contributed by atoms with van der Waals surface area (Å²) in [5.74, 6) is -0.532. The summed E-state index contributed by atoms with van der Waals surface area (Å²) in [6.45, 7) is 6.97. The Balaban J connectivity index is 5.35. The van der Waals surface area contributed by atoms with Crippen LogP contribution in [0.2, 0.25) is 0 Å². The highest BCUT2D eigenvalue weighted by atomic mass is 31.2. The molecule has 0 aliphatic heterocycles. The lowest BCUT2D eigenvalue weighted by molar-refractivity contribution is -0.870. The maximum atomic E-state index is 13.5. The number of carbonyl (C=O) groups is 2. The lowest BCUT2D eigenvalue weighted by Gasteiger charge is -2.27. The molecule has 10 heteroatoms. The number of ether oxygens (including phenoxy) is 1. The zero-order chi connectivity index (χ0) is 52.9. The Labute approximate surface area is 445 Å². The Morgan fingerprint density at radius 1 is 0.486 bits per heavy atom. The summed E-state index contributed by atoms with van der Waals surface area (Å²) in [7, 11) is 1.48. The van der Waals surface area contributed by atoms with Gasteiger partial charge >= 0.3 is 13.8 Å². The molecule has 9 nitrogen and oxygen atoms in total. The third kappa shape index (κ3) is 52.6. The molecule has 72 heavy (non-hydrogen) atoms. The Bertz CT molecular complexity index is 1420. The van der Waals surface area contributed by atoms with Crippen molar-refractivity contribution in [3.05, 3.63) is 60.8 Å². The molecule has 0 fully saturated rings. The molecule has 0 spiro atoms. The molecule has 0 rings (SSSR count). The Kier molecular flexibility index (Phi) is 50.5. The molecule has 0 saturated heterocycles. The summed E-state index contributed by atoms with van der Waals surface area (Å²) in [6, 6.07) is -0.862. The first-order valence-electron chi connectivity index (χ1n) is 30.1. The van der Waals surface area contributed by atoms with Crippen LogP contribution in [0.4, 0.5) is 0 Å². The van der Waals surface area contributed by atoms with Crippen LogP contribution in [-0.2, 0) is 27.9 Å². The maximum Gasteiger partial charge on any atom is 0.472 e. The molecule has 0 saturated carbocycles. The van der Waals surface area contributed by atoms with E-state index >= 15 is 0 Å². The van der Waals surface area contributed by atoms with Gasteiger partial charge in [-0.15, -0.1) is 0 Å². The largest absolute Gasteiger partial charge is 0.472 e. The minimum Gasteiger partial charge on any atom is -0.456 e. The van der Waals surface area contributed by atoms with Crippen molar-refractivity contribution in [2.45, 2.75) is 283 Å². The minimum atomic E-state index is -4.45. The molecular weight excluding hydrogens is 916 g/mol. The predicted molar refractivity (Wildman–Crippen MR) is 309 cm³/mol. The normalized spacial score (nSPS) is 14.2. The highest BCUT2D eigenvalue weighted by Gasteiger charge is 2.30.